The highest BCUT2D eigenvalue weighted by Crippen LogP contribution is 2.15. The molecule has 152 valence electrons. The van der Waals surface area contributed by atoms with Gasteiger partial charge >= 0.3 is 0 Å². The summed E-state index contributed by atoms with van der Waals surface area (Å²) in [6.07, 6.45) is 3.23. The van der Waals surface area contributed by atoms with E-state index in [1.54, 1.807) is 0 Å². The van der Waals surface area contributed by atoms with Crippen LogP contribution in [0.2, 0.25) is 0 Å². The molecule has 1 aromatic carbocycles. The number of hydrogen-bond donors (Lipinski definition) is 2. The zero-order chi connectivity index (χ0) is 19.3. The second-order valence-corrected chi connectivity index (χ2v) is 7.17. The van der Waals surface area contributed by atoms with E-state index in [9.17, 15) is 0 Å². The molecule has 1 saturated heterocycles. The normalized spacial score (nSPS) is 15.6. The van der Waals surface area contributed by atoms with E-state index in [1.807, 2.05) is 0 Å². The lowest BCUT2D eigenvalue weighted by atomic mass is 10.0. The highest BCUT2D eigenvalue weighted by atomic mass is 16.5. The molecule has 1 aliphatic rings. The molecule has 0 spiro atoms. The third-order valence-corrected chi connectivity index (χ3v) is 4.64. The lowest BCUT2D eigenvalue weighted by molar-refractivity contribution is 0.0203. The van der Waals surface area contributed by atoms with Crippen LogP contribution in [0, 0.1) is 5.92 Å². The highest BCUT2D eigenvalue weighted by Gasteiger charge is 2.13. The van der Waals surface area contributed by atoms with Gasteiger partial charge in [0.15, 0.2) is 5.96 Å². The molecule has 6 heteroatoms. The lowest BCUT2D eigenvalue weighted by Crippen LogP contribution is -2.38. The second-order valence-electron chi connectivity index (χ2n) is 7.17. The number of nitrogens with zero attached hydrogens (tertiary/aromatic N) is 2. The molecule has 1 aliphatic heterocycles. The molecule has 1 fully saturated rings. The van der Waals surface area contributed by atoms with Crippen molar-refractivity contribution in [3.8, 4) is 0 Å². The first-order chi connectivity index (χ1) is 13.2. The molecule has 1 heterocycles. The predicted molar refractivity (Wildman–Crippen MR) is 113 cm³/mol. The Bertz CT molecular complexity index is 557. The van der Waals surface area contributed by atoms with Gasteiger partial charge in [-0.3, -0.25) is 0 Å². The topological polar surface area (TPSA) is 58.1 Å². The first kappa shape index (κ1) is 21.5. The van der Waals surface area contributed by atoms with Gasteiger partial charge in [-0.2, -0.15) is 0 Å². The van der Waals surface area contributed by atoms with Gasteiger partial charge in [0.2, 0.25) is 0 Å². The smallest absolute Gasteiger partial charge is 0.191 e. The second kappa shape index (κ2) is 12.6. The fourth-order valence-electron chi connectivity index (χ4n) is 2.99. The number of ether oxygens (including phenoxy) is 2. The lowest BCUT2D eigenvalue weighted by Gasteiger charge is -2.21. The Hall–Kier alpha value is -1.79. The van der Waals surface area contributed by atoms with Crippen LogP contribution in [0.25, 0.3) is 0 Å². The molecule has 6 nitrogen and oxygen atoms in total. The van der Waals surface area contributed by atoms with E-state index in [-0.39, 0.29) is 0 Å². The van der Waals surface area contributed by atoms with Crippen LogP contribution in [0.15, 0.2) is 29.3 Å². The van der Waals surface area contributed by atoms with Crippen molar-refractivity contribution in [2.75, 3.05) is 58.5 Å². The number of hydrogen-bond acceptors (Lipinski definition) is 4. The number of anilines is 1. The van der Waals surface area contributed by atoms with Crippen LogP contribution in [0.5, 0.6) is 0 Å². The van der Waals surface area contributed by atoms with Gasteiger partial charge in [-0.15, -0.1) is 0 Å². The van der Waals surface area contributed by atoms with Crippen molar-refractivity contribution in [1.82, 2.24) is 10.6 Å². The third kappa shape index (κ3) is 8.63. The highest BCUT2D eigenvalue weighted by molar-refractivity contribution is 5.79. The molecule has 0 amide bonds. The van der Waals surface area contributed by atoms with Crippen molar-refractivity contribution in [3.05, 3.63) is 29.8 Å². The summed E-state index contributed by atoms with van der Waals surface area (Å²) in [5.41, 5.74) is 2.40. The zero-order valence-corrected chi connectivity index (χ0v) is 17.2. The Morgan fingerprint density at radius 3 is 2.81 bits per heavy atom. The first-order valence-corrected chi connectivity index (χ1v) is 10.1. The minimum Gasteiger partial charge on any atom is -0.381 e. The van der Waals surface area contributed by atoms with Gasteiger partial charge in [0.1, 0.15) is 0 Å². The van der Waals surface area contributed by atoms with E-state index in [2.05, 4.69) is 60.8 Å². The van der Waals surface area contributed by atoms with Crippen LogP contribution >= 0.6 is 0 Å². The van der Waals surface area contributed by atoms with Crippen molar-refractivity contribution in [2.45, 2.75) is 32.7 Å². The molecular formula is C21H36N4O2. The number of rotatable bonds is 10. The number of benzene rings is 1. The molecule has 0 aliphatic carbocycles. The van der Waals surface area contributed by atoms with Gasteiger partial charge in [0.05, 0.1) is 6.54 Å². The standard InChI is InChI=1S/C21H36N4O2/c1-4-22-21(24-16-19-7-5-8-20(15-19)25(2)3)23-11-6-12-27-17-18-9-13-26-14-10-18/h5,7-8,15,18H,4,6,9-14,16-17H2,1-3H3,(H2,22,23,24). The molecule has 0 saturated carbocycles. The minimum atomic E-state index is 0.664. The van der Waals surface area contributed by atoms with E-state index < -0.39 is 0 Å². The van der Waals surface area contributed by atoms with Crippen LogP contribution in [-0.4, -0.2) is 59.6 Å². The van der Waals surface area contributed by atoms with Gasteiger partial charge in [0, 0.05) is 59.3 Å². The molecule has 2 rings (SSSR count). The summed E-state index contributed by atoms with van der Waals surface area (Å²) in [5, 5.41) is 6.70. The largest absolute Gasteiger partial charge is 0.381 e. The number of nitrogens with one attached hydrogen (secondary N) is 2. The van der Waals surface area contributed by atoms with Crippen molar-refractivity contribution >= 4 is 11.6 Å². The quantitative estimate of drug-likeness (QED) is 0.373. The number of guanidine groups is 1. The van der Waals surface area contributed by atoms with Crippen molar-refractivity contribution in [2.24, 2.45) is 10.9 Å². The van der Waals surface area contributed by atoms with E-state index >= 15 is 0 Å². The molecule has 27 heavy (non-hydrogen) atoms. The van der Waals surface area contributed by atoms with Crippen molar-refractivity contribution in [3.63, 3.8) is 0 Å². The van der Waals surface area contributed by atoms with Crippen molar-refractivity contribution in [1.29, 1.82) is 0 Å². The summed E-state index contributed by atoms with van der Waals surface area (Å²) in [7, 11) is 4.11. The Labute approximate surface area is 164 Å². The van der Waals surface area contributed by atoms with Crippen LogP contribution in [0.3, 0.4) is 0 Å². The van der Waals surface area contributed by atoms with Crippen LogP contribution in [0.4, 0.5) is 5.69 Å². The first-order valence-electron chi connectivity index (χ1n) is 10.1. The fourth-order valence-corrected chi connectivity index (χ4v) is 2.99. The van der Waals surface area contributed by atoms with Gasteiger partial charge in [0.25, 0.3) is 0 Å². The van der Waals surface area contributed by atoms with Crippen LogP contribution in [-0.2, 0) is 16.0 Å². The van der Waals surface area contributed by atoms with Crippen molar-refractivity contribution < 1.29 is 9.47 Å². The molecule has 0 aromatic heterocycles. The average molecular weight is 377 g/mol. The van der Waals surface area contributed by atoms with Gasteiger partial charge in [-0.25, -0.2) is 4.99 Å². The summed E-state index contributed by atoms with van der Waals surface area (Å²) >= 11 is 0. The SMILES string of the molecule is CCNC(=NCc1cccc(N(C)C)c1)NCCCOCC1CCOCC1. The summed E-state index contributed by atoms with van der Waals surface area (Å²) < 4.78 is 11.2. The van der Waals surface area contributed by atoms with E-state index in [4.69, 9.17) is 14.5 Å². The van der Waals surface area contributed by atoms with Gasteiger partial charge < -0.3 is 25.0 Å². The maximum Gasteiger partial charge on any atom is 0.191 e. The van der Waals surface area contributed by atoms with Crippen LogP contribution < -0.4 is 15.5 Å². The Balaban J connectivity index is 1.67. The molecule has 2 N–H and O–H groups in total. The van der Waals surface area contributed by atoms with E-state index in [1.165, 1.54) is 11.3 Å². The average Bonchev–Trinajstić information content (AvgIpc) is 2.69. The monoisotopic (exact) mass is 376 g/mol. The summed E-state index contributed by atoms with van der Waals surface area (Å²) in [6.45, 7) is 7.87. The summed E-state index contributed by atoms with van der Waals surface area (Å²) in [5.74, 6) is 1.53. The number of aliphatic imine (C=N–C) groups is 1. The minimum absolute atomic E-state index is 0.664. The Kier molecular flexibility index (Phi) is 10.0. The van der Waals surface area contributed by atoms with Gasteiger partial charge in [-0.05, 0) is 49.8 Å². The molecule has 0 radical (unpaired) electrons. The van der Waals surface area contributed by atoms with E-state index in [0.29, 0.717) is 12.5 Å². The molecule has 0 atom stereocenters. The summed E-state index contributed by atoms with van der Waals surface area (Å²) in [6, 6.07) is 8.48. The van der Waals surface area contributed by atoms with E-state index in [0.717, 1.165) is 64.7 Å². The maximum atomic E-state index is 5.82. The molecule has 0 bridgehead atoms. The zero-order valence-electron chi connectivity index (χ0n) is 17.2. The Morgan fingerprint density at radius 1 is 1.26 bits per heavy atom. The fraction of sp³-hybridized carbons (Fsp3) is 0.667. The van der Waals surface area contributed by atoms with Gasteiger partial charge in [-0.1, -0.05) is 12.1 Å². The molecule has 0 unspecified atom stereocenters. The third-order valence-electron chi connectivity index (χ3n) is 4.64. The molecule has 1 aromatic rings. The Morgan fingerprint density at radius 2 is 2.07 bits per heavy atom. The predicted octanol–water partition coefficient (Wildman–Crippen LogP) is 2.64. The maximum absolute atomic E-state index is 5.82. The summed E-state index contributed by atoms with van der Waals surface area (Å²) in [4.78, 5) is 6.80. The molecular weight excluding hydrogens is 340 g/mol. The van der Waals surface area contributed by atoms with Crippen LogP contribution in [0.1, 0.15) is 31.7 Å².